The Morgan fingerprint density at radius 2 is 1.76 bits per heavy atom. The molecule has 0 spiro atoms. The fraction of sp³-hybridized carbons (Fsp3) is 0. The van der Waals surface area contributed by atoms with Crippen molar-refractivity contribution >= 4 is 0 Å². The van der Waals surface area contributed by atoms with Crippen LogP contribution in [0.4, 0.5) is 0 Å². The Labute approximate surface area is 121 Å². The minimum Gasteiger partial charge on any atom is -0.265 e. The second kappa shape index (κ2) is 6.73. The molecule has 0 saturated heterocycles. The number of nitriles is 1. The van der Waals surface area contributed by atoms with Crippen molar-refractivity contribution in [1.82, 2.24) is 25.1 Å². The third-order valence-electron chi connectivity index (χ3n) is 2.57. The zero-order valence-corrected chi connectivity index (χ0v) is 11.2. The van der Waals surface area contributed by atoms with Gasteiger partial charge in [-0.25, -0.2) is 9.97 Å². The van der Waals surface area contributed by atoms with Gasteiger partial charge in [-0.05, 0) is 24.3 Å². The fourth-order valence-corrected chi connectivity index (χ4v) is 1.66. The summed E-state index contributed by atoms with van der Waals surface area (Å²) in [6, 6.07) is 9.10. The molecule has 0 aromatic carbocycles. The normalized spacial score (nSPS) is 9.29. The number of nitrogens with one attached hydrogen (secondary N) is 1. The third-order valence-corrected chi connectivity index (χ3v) is 2.57. The second-order valence-corrected chi connectivity index (χ2v) is 3.79. The third kappa shape index (κ3) is 3.16. The number of aromatic nitrogens is 5. The Balaban J connectivity index is 0.000000774. The van der Waals surface area contributed by atoms with Crippen LogP contribution in [0.2, 0.25) is 0 Å². The van der Waals surface area contributed by atoms with Crippen LogP contribution in [0.3, 0.4) is 0 Å². The lowest BCUT2D eigenvalue weighted by Gasteiger charge is -1.95. The molecule has 0 saturated carbocycles. The average Bonchev–Trinajstić information content (AvgIpc) is 3.08. The zero-order chi connectivity index (χ0) is 15.1. The lowest BCUT2D eigenvalue weighted by molar-refractivity contribution is 1.10. The SMILES string of the molecule is C=C.N#Cc1cc(-c2nc(-c3ccncc3)n[nH]2)ccn1. The molecule has 3 aromatic rings. The molecule has 3 heterocycles. The molecular formula is C15H12N6. The number of aromatic amines is 1. The maximum absolute atomic E-state index is 8.83. The van der Waals surface area contributed by atoms with Crippen LogP contribution in [0.5, 0.6) is 0 Å². The van der Waals surface area contributed by atoms with Crippen molar-refractivity contribution in [1.29, 1.82) is 5.26 Å². The molecular weight excluding hydrogens is 264 g/mol. The van der Waals surface area contributed by atoms with E-state index in [1.165, 1.54) is 0 Å². The standard InChI is InChI=1S/C13H8N6.C2H4/c14-8-11-7-10(3-6-16-11)13-17-12(18-19-13)9-1-4-15-5-2-9;1-2/h1-7H,(H,17,18,19);1-2H2. The van der Waals surface area contributed by atoms with E-state index in [9.17, 15) is 0 Å². The van der Waals surface area contributed by atoms with Crippen LogP contribution < -0.4 is 0 Å². The van der Waals surface area contributed by atoms with Gasteiger partial charge in [0, 0.05) is 29.7 Å². The van der Waals surface area contributed by atoms with Crippen LogP contribution in [-0.2, 0) is 0 Å². The Morgan fingerprint density at radius 3 is 2.48 bits per heavy atom. The van der Waals surface area contributed by atoms with Gasteiger partial charge in [-0.2, -0.15) is 10.4 Å². The molecule has 0 bridgehead atoms. The number of rotatable bonds is 2. The van der Waals surface area contributed by atoms with E-state index in [1.807, 2.05) is 18.2 Å². The quantitative estimate of drug-likeness (QED) is 0.726. The van der Waals surface area contributed by atoms with E-state index in [0.717, 1.165) is 11.1 Å². The zero-order valence-electron chi connectivity index (χ0n) is 11.2. The van der Waals surface area contributed by atoms with E-state index in [0.29, 0.717) is 17.3 Å². The van der Waals surface area contributed by atoms with Crippen LogP contribution in [0.25, 0.3) is 22.8 Å². The Bertz CT molecular complexity index is 757. The maximum atomic E-state index is 8.83. The minimum atomic E-state index is 0.347. The second-order valence-electron chi connectivity index (χ2n) is 3.79. The molecule has 0 radical (unpaired) electrons. The summed E-state index contributed by atoms with van der Waals surface area (Å²) >= 11 is 0. The molecule has 6 nitrogen and oxygen atoms in total. The number of H-pyrrole nitrogens is 1. The molecule has 0 unspecified atom stereocenters. The molecule has 0 aliphatic carbocycles. The van der Waals surface area contributed by atoms with Gasteiger partial charge >= 0.3 is 0 Å². The molecule has 3 aromatic heterocycles. The highest BCUT2D eigenvalue weighted by molar-refractivity contribution is 5.61. The Hall–Kier alpha value is -3.33. The monoisotopic (exact) mass is 276 g/mol. The molecule has 0 aliphatic heterocycles. The molecule has 1 N–H and O–H groups in total. The predicted molar refractivity (Wildman–Crippen MR) is 78.8 cm³/mol. The van der Waals surface area contributed by atoms with E-state index in [4.69, 9.17) is 5.26 Å². The van der Waals surface area contributed by atoms with E-state index in [1.54, 1.807) is 30.7 Å². The van der Waals surface area contributed by atoms with Crippen LogP contribution in [0.1, 0.15) is 5.69 Å². The van der Waals surface area contributed by atoms with Crippen LogP contribution in [0, 0.1) is 11.3 Å². The number of pyridine rings is 2. The minimum absolute atomic E-state index is 0.347. The highest BCUT2D eigenvalue weighted by Gasteiger charge is 2.08. The van der Waals surface area contributed by atoms with Crippen molar-refractivity contribution in [3.63, 3.8) is 0 Å². The van der Waals surface area contributed by atoms with Gasteiger partial charge in [0.05, 0.1) is 0 Å². The van der Waals surface area contributed by atoms with Crippen molar-refractivity contribution in [3.05, 3.63) is 61.7 Å². The van der Waals surface area contributed by atoms with E-state index in [-0.39, 0.29) is 0 Å². The van der Waals surface area contributed by atoms with Gasteiger partial charge in [0.25, 0.3) is 0 Å². The number of hydrogen-bond donors (Lipinski definition) is 1. The average molecular weight is 276 g/mol. The van der Waals surface area contributed by atoms with Crippen LogP contribution >= 0.6 is 0 Å². The smallest absolute Gasteiger partial charge is 0.181 e. The highest BCUT2D eigenvalue weighted by Crippen LogP contribution is 2.19. The van der Waals surface area contributed by atoms with Gasteiger partial charge in [0.1, 0.15) is 11.8 Å². The highest BCUT2D eigenvalue weighted by atomic mass is 15.2. The first-order valence-electron chi connectivity index (χ1n) is 6.06. The largest absolute Gasteiger partial charge is 0.265 e. The molecule has 102 valence electrons. The summed E-state index contributed by atoms with van der Waals surface area (Å²) in [6.07, 6.45) is 4.94. The summed E-state index contributed by atoms with van der Waals surface area (Å²) in [7, 11) is 0. The molecule has 0 atom stereocenters. The van der Waals surface area contributed by atoms with Crippen molar-refractivity contribution in [2.24, 2.45) is 0 Å². The van der Waals surface area contributed by atoms with Crippen molar-refractivity contribution in [3.8, 4) is 28.8 Å². The number of hydrogen-bond acceptors (Lipinski definition) is 5. The first kappa shape index (κ1) is 14.1. The molecule has 21 heavy (non-hydrogen) atoms. The summed E-state index contributed by atoms with van der Waals surface area (Å²) in [4.78, 5) is 12.3. The summed E-state index contributed by atoms with van der Waals surface area (Å²) in [5, 5.41) is 15.8. The molecule has 3 rings (SSSR count). The van der Waals surface area contributed by atoms with Gasteiger partial charge in [0.2, 0.25) is 0 Å². The van der Waals surface area contributed by atoms with Crippen molar-refractivity contribution in [2.75, 3.05) is 0 Å². The summed E-state index contributed by atoms with van der Waals surface area (Å²) in [5.41, 5.74) is 2.01. The summed E-state index contributed by atoms with van der Waals surface area (Å²) in [6.45, 7) is 6.00. The first-order chi connectivity index (χ1) is 10.4. The molecule has 6 heteroatoms. The van der Waals surface area contributed by atoms with E-state index in [2.05, 4.69) is 38.3 Å². The maximum Gasteiger partial charge on any atom is 0.181 e. The fourth-order valence-electron chi connectivity index (χ4n) is 1.66. The summed E-state index contributed by atoms with van der Waals surface area (Å²) in [5.74, 6) is 1.19. The van der Waals surface area contributed by atoms with Gasteiger partial charge < -0.3 is 0 Å². The summed E-state index contributed by atoms with van der Waals surface area (Å²) < 4.78 is 0. The van der Waals surface area contributed by atoms with E-state index < -0.39 is 0 Å². The van der Waals surface area contributed by atoms with Gasteiger partial charge in [-0.15, -0.1) is 13.2 Å². The van der Waals surface area contributed by atoms with Gasteiger partial charge in [-0.3, -0.25) is 10.1 Å². The molecule has 0 amide bonds. The molecule has 0 aliphatic rings. The van der Waals surface area contributed by atoms with Crippen molar-refractivity contribution < 1.29 is 0 Å². The van der Waals surface area contributed by atoms with E-state index >= 15 is 0 Å². The van der Waals surface area contributed by atoms with Crippen molar-refractivity contribution in [2.45, 2.75) is 0 Å². The first-order valence-corrected chi connectivity index (χ1v) is 6.06. The lowest BCUT2D eigenvalue weighted by atomic mass is 10.2. The predicted octanol–water partition coefficient (Wildman–Crippen LogP) is 2.60. The van der Waals surface area contributed by atoms with Crippen LogP contribution in [-0.4, -0.2) is 25.1 Å². The Morgan fingerprint density at radius 1 is 1.05 bits per heavy atom. The number of nitrogens with zero attached hydrogens (tertiary/aromatic N) is 5. The lowest BCUT2D eigenvalue weighted by Crippen LogP contribution is -1.86. The topological polar surface area (TPSA) is 91.1 Å². The van der Waals surface area contributed by atoms with Gasteiger partial charge in [0.15, 0.2) is 11.6 Å². The Kier molecular flexibility index (Phi) is 4.51. The molecule has 0 fully saturated rings. The van der Waals surface area contributed by atoms with Gasteiger partial charge in [-0.1, -0.05) is 0 Å². The van der Waals surface area contributed by atoms with Crippen LogP contribution in [0.15, 0.2) is 56.0 Å².